The Morgan fingerprint density at radius 3 is 2.23 bits per heavy atom. The van der Waals surface area contributed by atoms with Crippen molar-refractivity contribution in [2.75, 3.05) is 21.3 Å². The molecule has 0 radical (unpaired) electrons. The second-order valence-corrected chi connectivity index (χ2v) is 5.21. The van der Waals surface area contributed by atoms with Crippen molar-refractivity contribution >= 4 is 5.97 Å². The smallest absolute Gasteiger partial charge is 0.368 e. The standard InChI is InChI=1S/C17H27NO4/c1-6-10-15(17(21-4,22-5)16(19)20-3)18-13(2)14-11-8-7-9-12-14/h7-9,11-13,15,18H,6,10H2,1-5H3/t13-,15-/m0/s1. The lowest BCUT2D eigenvalue weighted by atomic mass is 9.98. The highest BCUT2D eigenvalue weighted by Gasteiger charge is 2.48. The Bertz CT molecular complexity index is 445. The van der Waals surface area contributed by atoms with Crippen LogP contribution in [0.1, 0.15) is 38.3 Å². The molecule has 1 aromatic rings. The molecule has 0 amide bonds. The molecule has 0 fully saturated rings. The Morgan fingerprint density at radius 1 is 1.18 bits per heavy atom. The van der Waals surface area contributed by atoms with E-state index in [0.717, 1.165) is 12.0 Å². The molecule has 0 unspecified atom stereocenters. The van der Waals surface area contributed by atoms with E-state index in [-0.39, 0.29) is 12.1 Å². The predicted octanol–water partition coefficient (Wildman–Crippen LogP) is 2.67. The van der Waals surface area contributed by atoms with E-state index in [1.54, 1.807) is 0 Å². The molecule has 0 heterocycles. The molecule has 0 spiro atoms. The number of hydrogen-bond donors (Lipinski definition) is 1. The van der Waals surface area contributed by atoms with Crippen LogP contribution in [0.4, 0.5) is 0 Å². The zero-order valence-electron chi connectivity index (χ0n) is 14.1. The minimum atomic E-state index is -1.45. The van der Waals surface area contributed by atoms with Crippen molar-refractivity contribution in [3.8, 4) is 0 Å². The largest absolute Gasteiger partial charge is 0.465 e. The van der Waals surface area contributed by atoms with Crippen LogP contribution in [0.2, 0.25) is 0 Å². The van der Waals surface area contributed by atoms with Crippen LogP contribution in [0.15, 0.2) is 30.3 Å². The first-order valence-corrected chi connectivity index (χ1v) is 7.55. The van der Waals surface area contributed by atoms with Crippen LogP contribution in [0, 0.1) is 0 Å². The van der Waals surface area contributed by atoms with E-state index in [0.29, 0.717) is 6.42 Å². The lowest BCUT2D eigenvalue weighted by Crippen LogP contribution is -2.59. The molecule has 0 saturated carbocycles. The minimum Gasteiger partial charge on any atom is -0.465 e. The van der Waals surface area contributed by atoms with Gasteiger partial charge in [0.2, 0.25) is 0 Å². The molecular formula is C17H27NO4. The highest BCUT2D eigenvalue weighted by molar-refractivity contribution is 5.78. The average molecular weight is 309 g/mol. The summed E-state index contributed by atoms with van der Waals surface area (Å²) in [5.74, 6) is -1.99. The third-order valence-corrected chi connectivity index (χ3v) is 3.86. The Labute approximate surface area is 132 Å². The number of ether oxygens (including phenoxy) is 3. The maximum absolute atomic E-state index is 12.2. The maximum Gasteiger partial charge on any atom is 0.368 e. The number of carbonyl (C=O) groups excluding carboxylic acids is 1. The second kappa shape index (κ2) is 8.88. The molecule has 0 aliphatic rings. The Hall–Kier alpha value is -1.43. The third-order valence-electron chi connectivity index (χ3n) is 3.86. The number of esters is 1. The summed E-state index contributed by atoms with van der Waals surface area (Å²) in [6.07, 6.45) is 1.60. The molecule has 1 N–H and O–H groups in total. The summed E-state index contributed by atoms with van der Waals surface area (Å²) in [7, 11) is 4.24. The molecule has 124 valence electrons. The summed E-state index contributed by atoms with van der Waals surface area (Å²) < 4.78 is 15.7. The lowest BCUT2D eigenvalue weighted by molar-refractivity contribution is -0.240. The molecule has 0 aromatic heterocycles. The van der Waals surface area contributed by atoms with Crippen molar-refractivity contribution in [3.05, 3.63) is 35.9 Å². The Balaban J connectivity index is 3.02. The zero-order chi connectivity index (χ0) is 16.6. The Morgan fingerprint density at radius 2 is 1.77 bits per heavy atom. The van der Waals surface area contributed by atoms with Gasteiger partial charge in [-0.15, -0.1) is 0 Å². The van der Waals surface area contributed by atoms with Gasteiger partial charge in [0.1, 0.15) is 0 Å². The van der Waals surface area contributed by atoms with Gasteiger partial charge in [-0.1, -0.05) is 43.7 Å². The lowest BCUT2D eigenvalue weighted by Gasteiger charge is -2.37. The van der Waals surface area contributed by atoms with E-state index in [9.17, 15) is 4.79 Å². The van der Waals surface area contributed by atoms with Crippen molar-refractivity contribution < 1.29 is 19.0 Å². The molecule has 22 heavy (non-hydrogen) atoms. The van der Waals surface area contributed by atoms with Crippen LogP contribution in [-0.2, 0) is 19.0 Å². The van der Waals surface area contributed by atoms with Gasteiger partial charge in [-0.2, -0.15) is 0 Å². The number of hydrogen-bond acceptors (Lipinski definition) is 5. The summed E-state index contributed by atoms with van der Waals surface area (Å²) in [4.78, 5) is 12.2. The summed E-state index contributed by atoms with van der Waals surface area (Å²) in [6, 6.07) is 9.76. The van der Waals surface area contributed by atoms with Crippen LogP contribution in [0.3, 0.4) is 0 Å². The first-order chi connectivity index (χ1) is 10.6. The Kier molecular flexibility index (Phi) is 7.51. The fourth-order valence-electron chi connectivity index (χ4n) is 2.63. The van der Waals surface area contributed by atoms with Gasteiger partial charge in [-0.05, 0) is 18.9 Å². The topological polar surface area (TPSA) is 56.8 Å². The molecule has 0 saturated heterocycles. The number of methoxy groups -OCH3 is 3. The average Bonchev–Trinajstić information content (AvgIpc) is 2.57. The van der Waals surface area contributed by atoms with E-state index >= 15 is 0 Å². The van der Waals surface area contributed by atoms with Gasteiger partial charge >= 0.3 is 5.97 Å². The van der Waals surface area contributed by atoms with Gasteiger partial charge in [0.05, 0.1) is 13.2 Å². The van der Waals surface area contributed by atoms with Crippen molar-refractivity contribution in [3.63, 3.8) is 0 Å². The number of nitrogens with one attached hydrogen (secondary N) is 1. The molecule has 0 bridgehead atoms. The first kappa shape index (κ1) is 18.6. The van der Waals surface area contributed by atoms with E-state index in [1.165, 1.54) is 21.3 Å². The van der Waals surface area contributed by atoms with Crippen molar-refractivity contribution in [2.24, 2.45) is 0 Å². The summed E-state index contributed by atoms with van der Waals surface area (Å²) >= 11 is 0. The highest BCUT2D eigenvalue weighted by atomic mass is 16.7. The molecule has 0 aliphatic heterocycles. The van der Waals surface area contributed by atoms with E-state index in [1.807, 2.05) is 37.3 Å². The van der Waals surface area contributed by atoms with Crippen molar-refractivity contribution in [2.45, 2.75) is 44.6 Å². The van der Waals surface area contributed by atoms with E-state index in [4.69, 9.17) is 14.2 Å². The van der Waals surface area contributed by atoms with Crippen LogP contribution in [-0.4, -0.2) is 39.1 Å². The molecular weight excluding hydrogens is 282 g/mol. The van der Waals surface area contributed by atoms with Crippen molar-refractivity contribution in [1.29, 1.82) is 0 Å². The minimum absolute atomic E-state index is 0.0482. The van der Waals surface area contributed by atoms with Gasteiger partial charge in [0.25, 0.3) is 5.79 Å². The van der Waals surface area contributed by atoms with Crippen LogP contribution < -0.4 is 5.32 Å². The van der Waals surface area contributed by atoms with E-state index in [2.05, 4.69) is 12.2 Å². The van der Waals surface area contributed by atoms with Crippen LogP contribution in [0.5, 0.6) is 0 Å². The normalized spacial score (nSPS) is 14.4. The molecule has 1 rings (SSSR count). The SMILES string of the molecule is CCC[C@H](N[C@@H](C)c1ccccc1)C(OC)(OC)C(=O)OC. The van der Waals surface area contributed by atoms with Crippen LogP contribution >= 0.6 is 0 Å². The predicted molar refractivity (Wildman–Crippen MR) is 85.5 cm³/mol. The number of rotatable bonds is 9. The number of benzene rings is 1. The van der Waals surface area contributed by atoms with Crippen molar-refractivity contribution in [1.82, 2.24) is 5.32 Å². The molecule has 1 aromatic carbocycles. The highest BCUT2D eigenvalue weighted by Crippen LogP contribution is 2.25. The zero-order valence-corrected chi connectivity index (χ0v) is 14.1. The van der Waals surface area contributed by atoms with Crippen LogP contribution in [0.25, 0.3) is 0 Å². The maximum atomic E-state index is 12.2. The van der Waals surface area contributed by atoms with Gasteiger partial charge in [-0.3, -0.25) is 0 Å². The molecule has 5 nitrogen and oxygen atoms in total. The van der Waals surface area contributed by atoms with Gasteiger partial charge < -0.3 is 19.5 Å². The van der Waals surface area contributed by atoms with Gasteiger partial charge in [-0.25, -0.2) is 4.79 Å². The second-order valence-electron chi connectivity index (χ2n) is 5.21. The van der Waals surface area contributed by atoms with E-state index < -0.39 is 11.8 Å². The summed E-state index contributed by atoms with van der Waals surface area (Å²) in [5, 5.41) is 3.44. The molecule has 2 atom stereocenters. The first-order valence-electron chi connectivity index (χ1n) is 7.55. The molecule has 0 aliphatic carbocycles. The molecule has 5 heteroatoms. The fourth-order valence-corrected chi connectivity index (χ4v) is 2.63. The fraction of sp³-hybridized carbons (Fsp3) is 0.588. The number of carbonyl (C=O) groups is 1. The van der Waals surface area contributed by atoms with Gasteiger partial charge in [0, 0.05) is 20.3 Å². The monoisotopic (exact) mass is 309 g/mol. The third kappa shape index (κ3) is 4.06. The van der Waals surface area contributed by atoms with Gasteiger partial charge in [0.15, 0.2) is 0 Å². The summed E-state index contributed by atoms with van der Waals surface area (Å²) in [6.45, 7) is 4.10. The quantitative estimate of drug-likeness (QED) is 0.561. The summed E-state index contributed by atoms with van der Waals surface area (Å²) in [5.41, 5.74) is 1.13.